The second-order valence-corrected chi connectivity index (χ2v) is 8.00. The summed E-state index contributed by atoms with van der Waals surface area (Å²) >= 11 is 7.14. The number of hydrogen-bond acceptors (Lipinski definition) is 6. The van der Waals surface area contributed by atoms with E-state index in [-0.39, 0.29) is 27.7 Å². The minimum atomic E-state index is -0.568. The number of benzene rings is 3. The molecule has 1 aromatic heterocycles. The van der Waals surface area contributed by atoms with Crippen molar-refractivity contribution in [1.82, 2.24) is 9.55 Å². The first-order chi connectivity index (χ1) is 15.4. The van der Waals surface area contributed by atoms with Gasteiger partial charge in [0.1, 0.15) is 0 Å². The number of anilines is 1. The number of fused-ring (bicyclic) bond motifs is 1. The Kier molecular flexibility index (Phi) is 6.20. The van der Waals surface area contributed by atoms with Gasteiger partial charge >= 0.3 is 0 Å². The normalized spacial score (nSPS) is 10.8. The zero-order valence-corrected chi connectivity index (χ0v) is 18.0. The summed E-state index contributed by atoms with van der Waals surface area (Å²) in [6.45, 7) is 0. The summed E-state index contributed by atoms with van der Waals surface area (Å²) in [6, 6.07) is 19.9. The van der Waals surface area contributed by atoms with Crippen LogP contribution < -0.4 is 10.9 Å². The van der Waals surface area contributed by atoms with Crippen LogP contribution in [0.15, 0.2) is 82.7 Å². The van der Waals surface area contributed by atoms with Crippen LogP contribution in [0.1, 0.15) is 0 Å². The van der Waals surface area contributed by atoms with E-state index in [2.05, 4.69) is 10.3 Å². The monoisotopic (exact) mass is 466 g/mol. The number of hydrogen-bond donors (Lipinski definition) is 1. The highest BCUT2D eigenvalue weighted by molar-refractivity contribution is 7.99. The number of nitro benzene ring substituents is 1. The molecule has 1 heterocycles. The smallest absolute Gasteiger partial charge is 0.271 e. The molecule has 0 spiro atoms. The van der Waals surface area contributed by atoms with Gasteiger partial charge in [-0.15, -0.1) is 0 Å². The van der Waals surface area contributed by atoms with Gasteiger partial charge in [-0.05, 0) is 30.3 Å². The van der Waals surface area contributed by atoms with Crippen LogP contribution in [0.4, 0.5) is 11.4 Å². The van der Waals surface area contributed by atoms with E-state index in [9.17, 15) is 19.7 Å². The molecule has 0 bridgehead atoms. The SMILES string of the molecule is O=C(CSc1nc2ccccc2c(=O)n1-c1ccccc1)Nc1ccc([N+](=O)[O-])cc1Cl. The molecule has 1 N–H and O–H groups in total. The third kappa shape index (κ3) is 4.48. The summed E-state index contributed by atoms with van der Waals surface area (Å²) in [6.07, 6.45) is 0. The molecule has 0 saturated heterocycles. The Balaban J connectivity index is 1.61. The van der Waals surface area contributed by atoms with Crippen LogP contribution in [0.5, 0.6) is 0 Å². The van der Waals surface area contributed by atoms with Crippen LogP contribution in [-0.2, 0) is 4.79 Å². The molecule has 0 radical (unpaired) electrons. The van der Waals surface area contributed by atoms with E-state index in [0.29, 0.717) is 21.7 Å². The standard InChI is InChI=1S/C22H15ClN4O4S/c23-17-12-15(27(30)31)10-11-19(17)24-20(28)13-32-22-25-18-9-5-4-8-16(18)21(29)26(22)14-6-2-1-3-7-14/h1-12H,13H2,(H,24,28). The maximum Gasteiger partial charge on any atom is 0.271 e. The molecule has 0 unspecified atom stereocenters. The van der Waals surface area contributed by atoms with Gasteiger partial charge in [0.15, 0.2) is 5.16 Å². The maximum absolute atomic E-state index is 13.2. The van der Waals surface area contributed by atoms with Crippen molar-refractivity contribution in [3.63, 3.8) is 0 Å². The van der Waals surface area contributed by atoms with E-state index in [4.69, 9.17) is 11.6 Å². The highest BCUT2D eigenvalue weighted by Crippen LogP contribution is 2.27. The van der Waals surface area contributed by atoms with Crippen molar-refractivity contribution < 1.29 is 9.72 Å². The molecule has 0 aliphatic heterocycles. The fraction of sp³-hybridized carbons (Fsp3) is 0.0455. The van der Waals surface area contributed by atoms with Crippen LogP contribution in [0.3, 0.4) is 0 Å². The Morgan fingerprint density at radius 3 is 2.53 bits per heavy atom. The van der Waals surface area contributed by atoms with Crippen LogP contribution in [-0.4, -0.2) is 26.1 Å². The molecule has 0 saturated carbocycles. The van der Waals surface area contributed by atoms with Crippen LogP contribution in [0, 0.1) is 10.1 Å². The Labute approximate surface area is 191 Å². The molecule has 3 aromatic carbocycles. The molecule has 32 heavy (non-hydrogen) atoms. The molecular weight excluding hydrogens is 452 g/mol. The summed E-state index contributed by atoms with van der Waals surface area (Å²) < 4.78 is 1.47. The van der Waals surface area contributed by atoms with Crippen LogP contribution in [0.2, 0.25) is 5.02 Å². The first-order valence-electron chi connectivity index (χ1n) is 9.38. The van der Waals surface area contributed by atoms with Gasteiger partial charge < -0.3 is 5.32 Å². The quantitative estimate of drug-likeness (QED) is 0.191. The second-order valence-electron chi connectivity index (χ2n) is 6.65. The van der Waals surface area contributed by atoms with Gasteiger partial charge in [0.2, 0.25) is 5.91 Å². The van der Waals surface area contributed by atoms with Crippen LogP contribution in [0.25, 0.3) is 16.6 Å². The Hall–Kier alpha value is -3.69. The predicted octanol–water partition coefficient (Wildman–Crippen LogP) is 4.68. The van der Waals surface area contributed by atoms with E-state index in [1.54, 1.807) is 36.4 Å². The van der Waals surface area contributed by atoms with Gasteiger partial charge in [-0.2, -0.15) is 0 Å². The number of nitro groups is 1. The molecule has 8 nitrogen and oxygen atoms in total. The number of aromatic nitrogens is 2. The van der Waals surface area contributed by atoms with E-state index in [1.165, 1.54) is 22.8 Å². The number of para-hydroxylation sites is 2. The zero-order valence-electron chi connectivity index (χ0n) is 16.4. The molecule has 1 amide bonds. The first-order valence-corrected chi connectivity index (χ1v) is 10.7. The van der Waals surface area contributed by atoms with Crippen molar-refractivity contribution in [2.75, 3.05) is 11.1 Å². The predicted molar refractivity (Wildman–Crippen MR) is 125 cm³/mol. The highest BCUT2D eigenvalue weighted by atomic mass is 35.5. The zero-order chi connectivity index (χ0) is 22.7. The Morgan fingerprint density at radius 1 is 1.09 bits per heavy atom. The van der Waals surface area contributed by atoms with Gasteiger partial charge in [-0.25, -0.2) is 4.98 Å². The number of rotatable bonds is 6. The molecule has 0 aliphatic rings. The van der Waals surface area contributed by atoms with E-state index >= 15 is 0 Å². The fourth-order valence-corrected chi connectivity index (χ4v) is 4.08. The van der Waals surface area contributed by atoms with Crippen molar-refractivity contribution in [2.45, 2.75) is 5.16 Å². The molecule has 0 aliphatic carbocycles. The van der Waals surface area contributed by atoms with E-state index in [1.807, 2.05) is 18.2 Å². The van der Waals surface area contributed by atoms with Crippen molar-refractivity contribution in [3.05, 3.63) is 98.3 Å². The number of carbonyl (C=O) groups excluding carboxylic acids is 1. The number of nitrogens with zero attached hydrogens (tertiary/aromatic N) is 3. The molecule has 4 rings (SSSR count). The maximum atomic E-state index is 13.2. The third-order valence-electron chi connectivity index (χ3n) is 4.53. The molecular formula is C22H15ClN4O4S. The topological polar surface area (TPSA) is 107 Å². The average Bonchev–Trinajstić information content (AvgIpc) is 2.79. The fourth-order valence-electron chi connectivity index (χ4n) is 3.05. The van der Waals surface area contributed by atoms with Crippen molar-refractivity contribution >= 4 is 51.5 Å². The number of carbonyl (C=O) groups is 1. The van der Waals surface area contributed by atoms with Gasteiger partial charge in [-0.1, -0.05) is 53.7 Å². The lowest BCUT2D eigenvalue weighted by molar-refractivity contribution is -0.384. The summed E-state index contributed by atoms with van der Waals surface area (Å²) in [5, 5.41) is 14.4. The first kappa shape index (κ1) is 21.5. The van der Waals surface area contributed by atoms with Crippen molar-refractivity contribution in [2.24, 2.45) is 0 Å². The minimum Gasteiger partial charge on any atom is -0.324 e. The van der Waals surface area contributed by atoms with Crippen molar-refractivity contribution in [1.29, 1.82) is 0 Å². The van der Waals surface area contributed by atoms with Crippen molar-refractivity contribution in [3.8, 4) is 5.69 Å². The van der Waals surface area contributed by atoms with E-state index in [0.717, 1.165) is 11.8 Å². The lowest BCUT2D eigenvalue weighted by atomic mass is 10.2. The summed E-state index contributed by atoms with van der Waals surface area (Å²) in [4.78, 5) is 40.5. The molecule has 10 heteroatoms. The number of halogens is 1. The number of non-ortho nitro benzene ring substituents is 1. The van der Waals surface area contributed by atoms with Gasteiger partial charge in [-0.3, -0.25) is 24.3 Å². The van der Waals surface area contributed by atoms with Gasteiger partial charge in [0.05, 0.1) is 38.0 Å². The minimum absolute atomic E-state index is 0.0507. The average molecular weight is 467 g/mol. The molecule has 160 valence electrons. The van der Waals surface area contributed by atoms with Gasteiger partial charge in [0, 0.05) is 12.1 Å². The van der Waals surface area contributed by atoms with Gasteiger partial charge in [0.25, 0.3) is 11.2 Å². The number of amides is 1. The Morgan fingerprint density at radius 2 is 1.81 bits per heavy atom. The molecule has 0 fully saturated rings. The summed E-state index contributed by atoms with van der Waals surface area (Å²) in [7, 11) is 0. The lowest BCUT2D eigenvalue weighted by Crippen LogP contribution is -2.23. The van der Waals surface area contributed by atoms with E-state index < -0.39 is 10.8 Å². The molecule has 4 aromatic rings. The third-order valence-corrected chi connectivity index (χ3v) is 5.78. The summed E-state index contributed by atoms with van der Waals surface area (Å²) in [5.74, 6) is -0.446. The van der Waals surface area contributed by atoms with Crippen LogP contribution >= 0.6 is 23.4 Å². The largest absolute Gasteiger partial charge is 0.324 e. The second kappa shape index (κ2) is 9.21. The lowest BCUT2D eigenvalue weighted by Gasteiger charge is -2.13. The highest BCUT2D eigenvalue weighted by Gasteiger charge is 2.16. The Bertz CT molecular complexity index is 1390. The number of thioether (sulfide) groups is 1. The molecule has 0 atom stereocenters. The summed E-state index contributed by atoms with van der Waals surface area (Å²) in [5.41, 5.74) is 1.02. The number of nitrogens with one attached hydrogen (secondary N) is 1.